The van der Waals surface area contributed by atoms with Crippen LogP contribution in [0, 0.1) is 6.92 Å². The monoisotopic (exact) mass is 492 g/mol. The summed E-state index contributed by atoms with van der Waals surface area (Å²) in [6.45, 7) is 2.80. The van der Waals surface area contributed by atoms with E-state index in [4.69, 9.17) is 26.8 Å². The molecule has 0 amide bonds. The van der Waals surface area contributed by atoms with Gasteiger partial charge in [-0.25, -0.2) is 4.98 Å². The van der Waals surface area contributed by atoms with Crippen molar-refractivity contribution in [3.8, 4) is 22.4 Å². The summed E-state index contributed by atoms with van der Waals surface area (Å²) in [5, 5.41) is 4.04. The van der Waals surface area contributed by atoms with Crippen LogP contribution in [-0.4, -0.2) is 52.1 Å². The van der Waals surface area contributed by atoms with Crippen LogP contribution in [0.15, 0.2) is 53.5 Å². The summed E-state index contributed by atoms with van der Waals surface area (Å²) >= 11 is 6.70. The predicted octanol–water partition coefficient (Wildman–Crippen LogP) is 3.22. The average Bonchev–Trinajstić information content (AvgIpc) is 2.86. The number of aromatic nitrogens is 4. The van der Waals surface area contributed by atoms with Crippen molar-refractivity contribution in [2.75, 3.05) is 25.6 Å². The Balaban J connectivity index is 1.61. The van der Waals surface area contributed by atoms with Crippen molar-refractivity contribution in [2.45, 2.75) is 25.8 Å². The Labute approximate surface area is 206 Å². The fourth-order valence-corrected chi connectivity index (χ4v) is 4.33. The first-order valence-electron chi connectivity index (χ1n) is 11.2. The molecule has 0 unspecified atom stereocenters. The van der Waals surface area contributed by atoms with Gasteiger partial charge in [0.15, 0.2) is 6.29 Å². The van der Waals surface area contributed by atoms with Gasteiger partial charge < -0.3 is 20.5 Å². The van der Waals surface area contributed by atoms with Crippen LogP contribution in [0.3, 0.4) is 0 Å². The van der Waals surface area contributed by atoms with E-state index in [1.807, 2.05) is 43.3 Å². The number of nitrogens with two attached hydrogens (primary N) is 1. The van der Waals surface area contributed by atoms with E-state index in [2.05, 4.69) is 20.3 Å². The number of anilines is 1. The number of hydrogen-bond acceptors (Lipinski definition) is 8. The van der Waals surface area contributed by atoms with Gasteiger partial charge in [-0.15, -0.1) is 0 Å². The summed E-state index contributed by atoms with van der Waals surface area (Å²) in [5.74, 6) is 0.402. The van der Waals surface area contributed by atoms with Gasteiger partial charge >= 0.3 is 0 Å². The van der Waals surface area contributed by atoms with Crippen LogP contribution in [0.4, 0.5) is 5.95 Å². The highest BCUT2D eigenvalue weighted by atomic mass is 35.5. The Kier molecular flexibility index (Phi) is 6.48. The third-order valence-electron chi connectivity index (χ3n) is 5.82. The quantitative estimate of drug-likeness (QED) is 0.436. The molecule has 0 saturated carbocycles. The molecule has 35 heavy (non-hydrogen) atoms. The maximum Gasteiger partial charge on any atom is 0.260 e. The molecule has 0 radical (unpaired) electrons. The fourth-order valence-electron chi connectivity index (χ4n) is 4.05. The van der Waals surface area contributed by atoms with Crippen molar-refractivity contribution in [3.05, 3.63) is 69.7 Å². The molecule has 180 valence electrons. The molecule has 1 aromatic carbocycles. The molecule has 9 nitrogen and oxygen atoms in total. The van der Waals surface area contributed by atoms with E-state index >= 15 is 0 Å². The van der Waals surface area contributed by atoms with Gasteiger partial charge in [0.2, 0.25) is 5.95 Å². The van der Waals surface area contributed by atoms with Gasteiger partial charge in [-0.05, 0) is 31.2 Å². The molecule has 3 aromatic heterocycles. The van der Waals surface area contributed by atoms with Crippen molar-refractivity contribution < 1.29 is 9.47 Å². The largest absolute Gasteiger partial charge is 0.357 e. The minimum absolute atomic E-state index is 0.152. The number of pyridine rings is 2. The number of rotatable bonds is 5. The highest BCUT2D eigenvalue weighted by Gasteiger charge is 2.23. The molecular weight excluding hydrogens is 468 g/mol. The standard InChI is InChI=1S/C25H25ClN6O3/c1-14-4-3-5-21(30-14)15-6-7-18(20(26)9-15)19-8-16-10-29-25(28-2)31-23(16)32(24(19)33)11-22-34-12-17(27)13-35-22/h3-10,17,22H,11-13,27H2,1-2H3,(H,28,29,31). The Morgan fingerprint density at radius 2 is 1.94 bits per heavy atom. The molecule has 1 saturated heterocycles. The second-order valence-corrected chi connectivity index (χ2v) is 8.82. The number of aryl methyl sites for hydroxylation is 1. The maximum atomic E-state index is 13.7. The summed E-state index contributed by atoms with van der Waals surface area (Å²) in [5.41, 5.74) is 9.70. The van der Waals surface area contributed by atoms with E-state index in [0.717, 1.165) is 17.0 Å². The van der Waals surface area contributed by atoms with E-state index in [0.29, 0.717) is 46.3 Å². The molecule has 1 fully saturated rings. The number of nitrogens with zero attached hydrogens (tertiary/aromatic N) is 4. The third kappa shape index (κ3) is 4.76. The number of fused-ring (bicyclic) bond motifs is 1. The lowest BCUT2D eigenvalue weighted by atomic mass is 10.0. The SMILES string of the molecule is CNc1ncc2cc(-c3ccc(-c4cccc(C)n4)cc3Cl)c(=O)n(CC3OCC(N)CO3)c2n1. The number of halogens is 1. The van der Waals surface area contributed by atoms with Gasteiger partial charge in [0.25, 0.3) is 5.56 Å². The van der Waals surface area contributed by atoms with Crippen LogP contribution in [-0.2, 0) is 16.0 Å². The van der Waals surface area contributed by atoms with E-state index in [1.54, 1.807) is 23.9 Å². The van der Waals surface area contributed by atoms with Gasteiger partial charge in [-0.1, -0.05) is 29.8 Å². The van der Waals surface area contributed by atoms with Crippen LogP contribution in [0.5, 0.6) is 0 Å². The lowest BCUT2D eigenvalue weighted by molar-refractivity contribution is -0.191. The van der Waals surface area contributed by atoms with Crippen LogP contribution >= 0.6 is 11.6 Å². The summed E-state index contributed by atoms with van der Waals surface area (Å²) in [6.07, 6.45) is 1.05. The second-order valence-electron chi connectivity index (χ2n) is 8.41. The Bertz CT molecular complexity index is 1450. The number of benzene rings is 1. The highest BCUT2D eigenvalue weighted by Crippen LogP contribution is 2.31. The molecule has 4 heterocycles. The topological polar surface area (TPSA) is 117 Å². The summed E-state index contributed by atoms with van der Waals surface area (Å²) in [6, 6.07) is 12.9. The normalized spacial score (nSPS) is 18.1. The Hall–Kier alpha value is -3.37. The molecule has 10 heteroatoms. The van der Waals surface area contributed by atoms with Crippen LogP contribution in [0.1, 0.15) is 5.69 Å². The van der Waals surface area contributed by atoms with Gasteiger partial charge in [0.05, 0.1) is 31.5 Å². The molecular formula is C25H25ClN6O3. The Morgan fingerprint density at radius 3 is 2.66 bits per heavy atom. The molecule has 5 rings (SSSR count). The minimum Gasteiger partial charge on any atom is -0.357 e. The maximum absolute atomic E-state index is 13.7. The highest BCUT2D eigenvalue weighted by molar-refractivity contribution is 6.33. The van der Waals surface area contributed by atoms with Crippen molar-refractivity contribution in [3.63, 3.8) is 0 Å². The molecule has 0 aliphatic carbocycles. The van der Waals surface area contributed by atoms with Gasteiger partial charge in [-0.3, -0.25) is 14.3 Å². The number of nitrogens with one attached hydrogen (secondary N) is 1. The summed E-state index contributed by atoms with van der Waals surface area (Å²) < 4.78 is 12.9. The third-order valence-corrected chi connectivity index (χ3v) is 6.13. The smallest absolute Gasteiger partial charge is 0.260 e. The van der Waals surface area contributed by atoms with E-state index in [1.165, 1.54) is 0 Å². The van der Waals surface area contributed by atoms with Crippen LogP contribution in [0.2, 0.25) is 5.02 Å². The lowest BCUT2D eigenvalue weighted by Gasteiger charge is -2.28. The average molecular weight is 493 g/mol. The molecule has 4 aromatic rings. The zero-order valence-electron chi connectivity index (χ0n) is 19.4. The van der Waals surface area contributed by atoms with Crippen molar-refractivity contribution in [1.29, 1.82) is 0 Å². The first-order valence-corrected chi connectivity index (χ1v) is 11.6. The van der Waals surface area contributed by atoms with Crippen molar-refractivity contribution in [2.24, 2.45) is 5.73 Å². The molecule has 1 aliphatic rings. The minimum atomic E-state index is -0.621. The molecule has 3 N–H and O–H groups in total. The molecule has 0 atom stereocenters. The summed E-state index contributed by atoms with van der Waals surface area (Å²) in [4.78, 5) is 27.1. The number of hydrogen-bond donors (Lipinski definition) is 2. The number of ether oxygens (including phenoxy) is 2. The first-order chi connectivity index (χ1) is 16.9. The first kappa shape index (κ1) is 23.4. The summed E-state index contributed by atoms with van der Waals surface area (Å²) in [7, 11) is 1.72. The zero-order valence-corrected chi connectivity index (χ0v) is 20.1. The molecule has 0 bridgehead atoms. The van der Waals surface area contributed by atoms with Gasteiger partial charge in [-0.2, -0.15) is 4.98 Å². The Morgan fingerprint density at radius 1 is 1.14 bits per heavy atom. The van der Waals surface area contributed by atoms with Crippen LogP contribution in [0.25, 0.3) is 33.4 Å². The van der Waals surface area contributed by atoms with Gasteiger partial charge in [0.1, 0.15) is 5.65 Å². The lowest BCUT2D eigenvalue weighted by Crippen LogP contribution is -2.43. The van der Waals surface area contributed by atoms with E-state index < -0.39 is 6.29 Å². The van der Waals surface area contributed by atoms with Crippen molar-refractivity contribution >= 4 is 28.6 Å². The molecule has 0 spiro atoms. The molecule has 1 aliphatic heterocycles. The van der Waals surface area contributed by atoms with E-state index in [9.17, 15) is 4.79 Å². The van der Waals surface area contributed by atoms with Crippen LogP contribution < -0.4 is 16.6 Å². The van der Waals surface area contributed by atoms with Gasteiger partial charge in [0, 0.05) is 46.0 Å². The second kappa shape index (κ2) is 9.71. The van der Waals surface area contributed by atoms with Crippen molar-refractivity contribution in [1.82, 2.24) is 19.5 Å². The fraction of sp³-hybridized carbons (Fsp3) is 0.280. The predicted molar refractivity (Wildman–Crippen MR) is 135 cm³/mol. The van der Waals surface area contributed by atoms with E-state index in [-0.39, 0.29) is 18.1 Å². The zero-order chi connectivity index (χ0) is 24.5.